The van der Waals surface area contributed by atoms with Gasteiger partial charge in [-0.2, -0.15) is 0 Å². The van der Waals surface area contributed by atoms with Gasteiger partial charge in [-0.25, -0.2) is 0 Å². The van der Waals surface area contributed by atoms with Gasteiger partial charge in [0.05, 0.1) is 6.16 Å². The molecule has 2 N–H and O–H groups in total. The van der Waals surface area contributed by atoms with Crippen LogP contribution in [0.5, 0.6) is 0 Å². The van der Waals surface area contributed by atoms with E-state index in [9.17, 15) is 9.36 Å². The van der Waals surface area contributed by atoms with E-state index in [-0.39, 0.29) is 12.1 Å². The van der Waals surface area contributed by atoms with Crippen LogP contribution < -0.4 is 0 Å². The quantitative estimate of drug-likeness (QED) is 0.526. The lowest BCUT2D eigenvalue weighted by Gasteiger charge is -2.16. The molecule has 1 amide bonds. The number of hydrogen-bond donors (Lipinski definition) is 2. The van der Waals surface area contributed by atoms with E-state index >= 15 is 0 Å². The maximum Gasteiger partial charge on any atom is 0.325 e. The molecule has 0 saturated carbocycles. The first-order valence-corrected chi connectivity index (χ1v) is 5.99. The number of likely N-dealkylation sites (N-methyl/N-ethyl adjacent to an activating group) is 1. The molecule has 14 heavy (non-hydrogen) atoms. The first-order chi connectivity index (χ1) is 6.24. The van der Waals surface area contributed by atoms with E-state index in [1.165, 1.54) is 4.90 Å². The Labute approximate surface area is 83.6 Å². The number of nitrogens with zero attached hydrogens (tertiary/aromatic N) is 1. The fraction of sp³-hybridized carbons (Fsp3) is 0.625. The lowest BCUT2D eigenvalue weighted by atomic mass is 10.3. The Bertz CT molecular complexity index is 271. The predicted molar refractivity (Wildman–Crippen MR) is 54.0 cm³/mol. The minimum atomic E-state index is -3.94. The summed E-state index contributed by atoms with van der Waals surface area (Å²) in [6.07, 6.45) is 0.0978. The van der Waals surface area contributed by atoms with Crippen LogP contribution in [0.3, 0.4) is 0 Å². The molecule has 0 aliphatic rings. The van der Waals surface area contributed by atoms with Crippen molar-refractivity contribution < 1.29 is 19.1 Å². The molecular formula is C8H16NO4P. The summed E-state index contributed by atoms with van der Waals surface area (Å²) in [4.78, 5) is 29.8. The van der Waals surface area contributed by atoms with Gasteiger partial charge in [0.2, 0.25) is 5.91 Å². The molecule has 82 valence electrons. The maximum atomic E-state index is 11.2. The van der Waals surface area contributed by atoms with Crippen molar-refractivity contribution >= 4 is 13.5 Å². The molecule has 0 unspecified atom stereocenters. The molecule has 0 aliphatic heterocycles. The molecule has 0 aromatic rings. The molecule has 6 heteroatoms. The topological polar surface area (TPSA) is 77.8 Å². The molecule has 0 radical (unpaired) electrons. The summed E-state index contributed by atoms with van der Waals surface area (Å²) in [5, 5.41) is 0. The highest BCUT2D eigenvalue weighted by molar-refractivity contribution is 7.51. The van der Waals surface area contributed by atoms with Crippen LogP contribution in [0, 0.1) is 0 Å². The summed E-state index contributed by atoms with van der Waals surface area (Å²) < 4.78 is 10.5. The predicted octanol–water partition coefficient (Wildman–Crippen LogP) is 0.589. The summed E-state index contributed by atoms with van der Waals surface area (Å²) in [6, 6.07) is 0. The van der Waals surface area contributed by atoms with Gasteiger partial charge < -0.3 is 14.7 Å². The van der Waals surface area contributed by atoms with Crippen molar-refractivity contribution in [2.45, 2.75) is 13.3 Å². The van der Waals surface area contributed by atoms with Gasteiger partial charge in [0.25, 0.3) is 0 Å². The van der Waals surface area contributed by atoms with Gasteiger partial charge in [-0.15, -0.1) is 0 Å². The summed E-state index contributed by atoms with van der Waals surface area (Å²) >= 11 is 0. The van der Waals surface area contributed by atoms with Gasteiger partial charge in [-0.1, -0.05) is 6.58 Å². The van der Waals surface area contributed by atoms with Crippen LogP contribution in [0.1, 0.15) is 13.3 Å². The second-order valence-corrected chi connectivity index (χ2v) is 5.03. The van der Waals surface area contributed by atoms with Crippen LogP contribution in [-0.4, -0.2) is 40.3 Å². The Kier molecular flexibility index (Phi) is 5.05. The summed E-state index contributed by atoms with van der Waals surface area (Å²) in [5.41, 5.74) is 0.420. The van der Waals surface area contributed by atoms with E-state index in [0.717, 1.165) is 0 Å². The van der Waals surface area contributed by atoms with Crippen LogP contribution in [0.4, 0.5) is 0 Å². The molecule has 0 aromatic carbocycles. The SMILES string of the molecule is C=C(C)C(=O)N(C)CCCP(=O)(O)O. The average Bonchev–Trinajstić information content (AvgIpc) is 2.00. The molecule has 0 aliphatic carbocycles. The Hall–Kier alpha value is -0.640. The molecule has 0 bridgehead atoms. The number of rotatable bonds is 5. The third-order valence-electron chi connectivity index (χ3n) is 1.65. The minimum Gasteiger partial charge on any atom is -0.342 e. The van der Waals surface area contributed by atoms with Crippen LogP contribution in [0.2, 0.25) is 0 Å². The fourth-order valence-electron chi connectivity index (χ4n) is 0.941. The zero-order valence-electron chi connectivity index (χ0n) is 8.43. The van der Waals surface area contributed by atoms with E-state index in [1.54, 1.807) is 14.0 Å². The van der Waals surface area contributed by atoms with Crippen molar-refractivity contribution in [2.24, 2.45) is 0 Å². The van der Waals surface area contributed by atoms with Crippen LogP contribution in [0.25, 0.3) is 0 Å². The second-order valence-electron chi connectivity index (χ2n) is 3.25. The number of carbonyl (C=O) groups is 1. The molecule has 5 nitrogen and oxygen atoms in total. The largest absolute Gasteiger partial charge is 0.342 e. The Morgan fingerprint density at radius 1 is 1.50 bits per heavy atom. The zero-order chi connectivity index (χ0) is 11.4. The van der Waals surface area contributed by atoms with Crippen LogP contribution >= 0.6 is 7.60 Å². The standard InChI is InChI=1S/C8H16NO4P/c1-7(2)8(10)9(3)5-4-6-14(11,12)13/h1,4-6H2,2-3H3,(H2,11,12,13). The van der Waals surface area contributed by atoms with Gasteiger partial charge in [0.15, 0.2) is 0 Å². The van der Waals surface area contributed by atoms with Crippen molar-refractivity contribution in [3.63, 3.8) is 0 Å². The van der Waals surface area contributed by atoms with E-state index in [2.05, 4.69) is 6.58 Å². The monoisotopic (exact) mass is 221 g/mol. The molecule has 0 saturated heterocycles. The molecule has 0 atom stereocenters. The number of amides is 1. The van der Waals surface area contributed by atoms with E-state index in [1.807, 2.05) is 0 Å². The van der Waals surface area contributed by atoms with Gasteiger partial charge in [-0.3, -0.25) is 9.36 Å². The van der Waals surface area contributed by atoms with Crippen LogP contribution in [0.15, 0.2) is 12.2 Å². The molecule has 0 rings (SSSR count). The normalized spacial score (nSPS) is 11.1. The molecule has 0 spiro atoms. The van der Waals surface area contributed by atoms with Crippen molar-refractivity contribution in [3.8, 4) is 0 Å². The lowest BCUT2D eigenvalue weighted by molar-refractivity contribution is -0.125. The van der Waals surface area contributed by atoms with Gasteiger partial charge >= 0.3 is 7.60 Å². The van der Waals surface area contributed by atoms with Gasteiger partial charge in [0, 0.05) is 19.2 Å². The van der Waals surface area contributed by atoms with Crippen molar-refractivity contribution in [2.75, 3.05) is 19.8 Å². The van der Waals surface area contributed by atoms with Gasteiger partial charge in [0.1, 0.15) is 0 Å². The minimum absolute atomic E-state index is 0.194. The first kappa shape index (κ1) is 13.4. The van der Waals surface area contributed by atoms with E-state index in [0.29, 0.717) is 18.5 Å². The third kappa shape index (κ3) is 5.91. The average molecular weight is 221 g/mol. The number of hydrogen-bond acceptors (Lipinski definition) is 2. The first-order valence-electron chi connectivity index (χ1n) is 4.19. The Morgan fingerprint density at radius 3 is 2.36 bits per heavy atom. The smallest absolute Gasteiger partial charge is 0.325 e. The summed E-state index contributed by atoms with van der Waals surface area (Å²) in [6.45, 7) is 5.42. The maximum absolute atomic E-state index is 11.2. The van der Waals surface area contributed by atoms with E-state index in [4.69, 9.17) is 9.79 Å². The van der Waals surface area contributed by atoms with E-state index < -0.39 is 7.60 Å². The van der Waals surface area contributed by atoms with Crippen molar-refractivity contribution in [1.82, 2.24) is 4.90 Å². The highest BCUT2D eigenvalue weighted by atomic mass is 31.2. The van der Waals surface area contributed by atoms with Gasteiger partial charge in [-0.05, 0) is 13.3 Å². The molecular weight excluding hydrogens is 205 g/mol. The van der Waals surface area contributed by atoms with Crippen molar-refractivity contribution in [1.29, 1.82) is 0 Å². The van der Waals surface area contributed by atoms with Crippen molar-refractivity contribution in [3.05, 3.63) is 12.2 Å². The fourth-order valence-corrected chi connectivity index (χ4v) is 1.49. The summed E-state index contributed by atoms with van der Waals surface area (Å²) in [7, 11) is -2.36. The Balaban J connectivity index is 3.86. The molecule has 0 fully saturated rings. The zero-order valence-corrected chi connectivity index (χ0v) is 9.33. The molecule has 0 heterocycles. The molecule has 0 aromatic heterocycles. The second kappa shape index (κ2) is 5.29. The number of carbonyl (C=O) groups excluding carboxylic acids is 1. The Morgan fingerprint density at radius 2 is 2.00 bits per heavy atom. The highest BCUT2D eigenvalue weighted by Gasteiger charge is 2.14. The van der Waals surface area contributed by atoms with Crippen LogP contribution in [-0.2, 0) is 9.36 Å². The highest BCUT2D eigenvalue weighted by Crippen LogP contribution is 2.34. The third-order valence-corrected chi connectivity index (χ3v) is 2.55. The lowest BCUT2D eigenvalue weighted by Crippen LogP contribution is -2.28. The summed E-state index contributed by atoms with van der Waals surface area (Å²) in [5.74, 6) is -0.198.